The summed E-state index contributed by atoms with van der Waals surface area (Å²) in [6.45, 7) is 16.0. The number of nitrogens with zero attached hydrogens (tertiary/aromatic N) is 1. The molecule has 0 aliphatic rings. The van der Waals surface area contributed by atoms with Crippen LogP contribution in [0.1, 0.15) is 157 Å². The topological polar surface area (TPSA) is 76.1 Å². The van der Waals surface area contributed by atoms with Crippen molar-refractivity contribution in [3.63, 3.8) is 0 Å². The number of unbranched alkanes of at least 4 members (excludes halogenated alkanes) is 9. The zero-order chi connectivity index (χ0) is 30.9. The van der Waals surface area contributed by atoms with Crippen molar-refractivity contribution in [2.75, 3.05) is 26.8 Å². The number of hydrogen-bond donors (Lipinski definition) is 1. The van der Waals surface area contributed by atoms with E-state index < -0.39 is 5.97 Å². The molecule has 1 N–H and O–H groups in total. The van der Waals surface area contributed by atoms with Gasteiger partial charge in [0.2, 0.25) is 0 Å². The molecule has 0 radical (unpaired) electrons. The average Bonchev–Trinajstić information content (AvgIpc) is 2.90. The molecule has 0 fully saturated rings. The van der Waals surface area contributed by atoms with Gasteiger partial charge in [0.15, 0.2) is 0 Å². The highest BCUT2D eigenvalue weighted by atomic mass is 16.5. The maximum atomic E-state index is 12.2. The molecule has 0 heterocycles. The zero-order valence-electron chi connectivity index (χ0n) is 28.3. The number of carbonyl (C=O) groups is 2. The van der Waals surface area contributed by atoms with Gasteiger partial charge < -0.3 is 19.5 Å². The first-order valence-electron chi connectivity index (χ1n) is 17.2. The first-order chi connectivity index (χ1) is 19.5. The molecule has 0 aromatic carbocycles. The van der Waals surface area contributed by atoms with Gasteiger partial charge in [-0.1, -0.05) is 85.5 Å². The molecule has 0 aliphatic carbocycles. The molecular weight excluding hydrogens is 514 g/mol. The van der Waals surface area contributed by atoms with Crippen LogP contribution < -0.4 is 0 Å². The molecule has 41 heavy (non-hydrogen) atoms. The van der Waals surface area contributed by atoms with Gasteiger partial charge in [-0.3, -0.25) is 9.59 Å². The fourth-order valence-electron chi connectivity index (χ4n) is 5.06. The molecule has 244 valence electrons. The zero-order valence-corrected chi connectivity index (χ0v) is 28.3. The molecular formula is C35H69NO5. The number of hydrogen-bond acceptors (Lipinski definition) is 5. The Balaban J connectivity index is 4.17. The number of carboxylic acids is 1. The van der Waals surface area contributed by atoms with E-state index in [0.29, 0.717) is 42.9 Å². The fourth-order valence-corrected chi connectivity index (χ4v) is 5.06. The minimum atomic E-state index is -0.690. The molecule has 0 saturated heterocycles. The van der Waals surface area contributed by atoms with E-state index in [4.69, 9.17) is 14.6 Å². The van der Waals surface area contributed by atoms with Crippen LogP contribution in [0.5, 0.6) is 0 Å². The fraction of sp³-hybridized carbons (Fsp3) is 0.943. The lowest BCUT2D eigenvalue weighted by Crippen LogP contribution is -2.27. The third-order valence-electron chi connectivity index (χ3n) is 8.48. The average molecular weight is 584 g/mol. The minimum Gasteiger partial charge on any atom is -0.481 e. The first kappa shape index (κ1) is 39.9. The molecule has 0 spiro atoms. The van der Waals surface area contributed by atoms with Crippen molar-refractivity contribution in [1.82, 2.24) is 4.90 Å². The summed E-state index contributed by atoms with van der Waals surface area (Å²) >= 11 is 0. The summed E-state index contributed by atoms with van der Waals surface area (Å²) < 4.78 is 12.0. The van der Waals surface area contributed by atoms with Crippen molar-refractivity contribution in [1.29, 1.82) is 0 Å². The van der Waals surface area contributed by atoms with Gasteiger partial charge in [0, 0.05) is 25.5 Å². The lowest BCUT2D eigenvalue weighted by molar-refractivity contribution is -0.145. The van der Waals surface area contributed by atoms with Gasteiger partial charge in [-0.25, -0.2) is 0 Å². The molecule has 6 heteroatoms. The highest BCUT2D eigenvalue weighted by Crippen LogP contribution is 2.21. The number of esters is 1. The van der Waals surface area contributed by atoms with Crippen LogP contribution in [0.2, 0.25) is 0 Å². The van der Waals surface area contributed by atoms with E-state index in [9.17, 15) is 9.59 Å². The summed E-state index contributed by atoms with van der Waals surface area (Å²) in [6.07, 6.45) is 18.7. The molecule has 0 bridgehead atoms. The molecule has 2 unspecified atom stereocenters. The number of rotatable bonds is 29. The largest absolute Gasteiger partial charge is 0.481 e. The van der Waals surface area contributed by atoms with Gasteiger partial charge in [-0.15, -0.1) is 0 Å². The highest BCUT2D eigenvalue weighted by Gasteiger charge is 2.16. The number of carboxylic acid groups (broad SMARTS) is 1. The summed E-state index contributed by atoms with van der Waals surface area (Å²) in [5.41, 5.74) is 0. The monoisotopic (exact) mass is 584 g/mol. The lowest BCUT2D eigenvalue weighted by Gasteiger charge is -2.21. The molecule has 0 aromatic heterocycles. The molecule has 0 amide bonds. The van der Waals surface area contributed by atoms with Crippen LogP contribution in [-0.2, 0) is 19.1 Å². The van der Waals surface area contributed by atoms with Gasteiger partial charge in [0.25, 0.3) is 0 Å². The summed E-state index contributed by atoms with van der Waals surface area (Å²) in [6, 6.07) is 0.585. The summed E-state index contributed by atoms with van der Waals surface area (Å²) in [4.78, 5) is 25.3. The van der Waals surface area contributed by atoms with Crippen LogP contribution in [0.25, 0.3) is 0 Å². The van der Waals surface area contributed by atoms with Crippen LogP contribution in [0.15, 0.2) is 0 Å². The van der Waals surface area contributed by atoms with E-state index in [1.54, 1.807) is 0 Å². The van der Waals surface area contributed by atoms with Gasteiger partial charge >= 0.3 is 11.9 Å². The predicted molar refractivity (Wildman–Crippen MR) is 172 cm³/mol. The van der Waals surface area contributed by atoms with Crippen molar-refractivity contribution in [2.45, 2.75) is 169 Å². The lowest BCUT2D eigenvalue weighted by atomic mass is 9.89. The molecule has 6 nitrogen and oxygen atoms in total. The second-order valence-corrected chi connectivity index (χ2v) is 13.4. The maximum Gasteiger partial charge on any atom is 0.305 e. The third-order valence-corrected chi connectivity index (χ3v) is 8.48. The normalized spacial score (nSPS) is 13.4. The van der Waals surface area contributed by atoms with E-state index >= 15 is 0 Å². The predicted octanol–water partition coefficient (Wildman–Crippen LogP) is 9.29. The Bertz CT molecular complexity index is 622. The second-order valence-electron chi connectivity index (χ2n) is 13.4. The number of carbonyl (C=O) groups excluding carboxylic acids is 1. The SMILES string of the molecule is CC(C)CCC(COC(=O)CCCCCCCC(CCCCCCCC(=O)O)OCCCCN(C)C(C)C)C(C)C. The van der Waals surface area contributed by atoms with E-state index in [1.807, 2.05) is 0 Å². The Kier molecular flexibility index (Phi) is 25.7. The Labute approximate surface area is 254 Å². The van der Waals surface area contributed by atoms with Crippen molar-refractivity contribution >= 4 is 11.9 Å². The quantitative estimate of drug-likeness (QED) is 0.0698. The van der Waals surface area contributed by atoms with E-state index in [2.05, 4.69) is 53.5 Å². The van der Waals surface area contributed by atoms with E-state index in [0.717, 1.165) is 90.2 Å². The molecule has 0 aliphatic heterocycles. The third kappa shape index (κ3) is 26.2. The number of aliphatic carboxylic acids is 1. The molecule has 0 rings (SSSR count). The maximum absolute atomic E-state index is 12.2. The van der Waals surface area contributed by atoms with Crippen molar-refractivity contribution in [2.24, 2.45) is 17.8 Å². The Morgan fingerprint density at radius 1 is 0.683 bits per heavy atom. The molecule has 2 atom stereocenters. The smallest absolute Gasteiger partial charge is 0.305 e. The second kappa shape index (κ2) is 26.5. The highest BCUT2D eigenvalue weighted by molar-refractivity contribution is 5.69. The van der Waals surface area contributed by atoms with Crippen LogP contribution in [-0.4, -0.2) is 60.9 Å². The van der Waals surface area contributed by atoms with Crippen molar-refractivity contribution in [3.8, 4) is 0 Å². The number of ether oxygens (including phenoxy) is 2. The van der Waals surface area contributed by atoms with Crippen LogP contribution in [0.4, 0.5) is 0 Å². The summed E-state index contributed by atoms with van der Waals surface area (Å²) in [5.74, 6) is 0.985. The van der Waals surface area contributed by atoms with Crippen LogP contribution in [0, 0.1) is 17.8 Å². The van der Waals surface area contributed by atoms with E-state index in [1.165, 1.54) is 25.7 Å². The summed E-state index contributed by atoms with van der Waals surface area (Å²) in [7, 11) is 2.19. The minimum absolute atomic E-state index is 0.0313. The Morgan fingerprint density at radius 2 is 1.24 bits per heavy atom. The standard InChI is InChI=1S/C35H69NO5/c1-29(2)24-25-32(30(3)4)28-41-35(39)23-17-13-9-11-15-21-33(20-14-10-8-12-16-22-34(37)38)40-27-19-18-26-36(7)31(5)6/h29-33H,8-28H2,1-7H3,(H,37,38). The van der Waals surface area contributed by atoms with Crippen molar-refractivity contribution < 1.29 is 24.2 Å². The van der Waals surface area contributed by atoms with Crippen molar-refractivity contribution in [3.05, 3.63) is 0 Å². The molecule has 0 saturated carbocycles. The van der Waals surface area contributed by atoms with Gasteiger partial charge in [-0.2, -0.15) is 0 Å². The molecule has 0 aromatic rings. The van der Waals surface area contributed by atoms with Crippen LogP contribution in [0.3, 0.4) is 0 Å². The van der Waals surface area contributed by atoms with E-state index in [-0.39, 0.29) is 12.4 Å². The first-order valence-corrected chi connectivity index (χ1v) is 17.2. The van der Waals surface area contributed by atoms with Gasteiger partial charge in [-0.05, 0) is 90.1 Å². The Morgan fingerprint density at radius 3 is 1.78 bits per heavy atom. The van der Waals surface area contributed by atoms with Gasteiger partial charge in [0.05, 0.1) is 12.7 Å². The Hall–Kier alpha value is -1.14. The van der Waals surface area contributed by atoms with Crippen LogP contribution >= 0.6 is 0 Å². The summed E-state index contributed by atoms with van der Waals surface area (Å²) in [5, 5.41) is 8.79. The van der Waals surface area contributed by atoms with Gasteiger partial charge in [0.1, 0.15) is 0 Å².